The molecule has 140 valence electrons. The van der Waals surface area contributed by atoms with Crippen molar-refractivity contribution < 1.29 is 4.79 Å². The van der Waals surface area contributed by atoms with Crippen LogP contribution in [0.5, 0.6) is 0 Å². The predicted octanol–water partition coefficient (Wildman–Crippen LogP) is 2.57. The van der Waals surface area contributed by atoms with Crippen molar-refractivity contribution in [1.82, 2.24) is 14.7 Å². The van der Waals surface area contributed by atoms with E-state index in [2.05, 4.69) is 34.3 Å². The Bertz CT molecular complexity index is 893. The summed E-state index contributed by atoms with van der Waals surface area (Å²) in [7, 11) is 1.89. The zero-order valence-electron chi connectivity index (χ0n) is 15.7. The topological polar surface area (TPSA) is 53.7 Å². The highest BCUT2D eigenvalue weighted by molar-refractivity contribution is 5.99. The molecule has 2 fully saturated rings. The summed E-state index contributed by atoms with van der Waals surface area (Å²) in [6.07, 6.45) is 7.81. The molecule has 1 unspecified atom stereocenters. The molecule has 0 N–H and O–H groups in total. The van der Waals surface area contributed by atoms with E-state index in [0.29, 0.717) is 5.92 Å². The van der Waals surface area contributed by atoms with E-state index in [1.165, 1.54) is 11.3 Å². The van der Waals surface area contributed by atoms with Gasteiger partial charge in [-0.1, -0.05) is 18.2 Å². The second kappa shape index (κ2) is 6.60. The molecule has 0 aliphatic carbocycles. The minimum atomic E-state index is 0.0221. The summed E-state index contributed by atoms with van der Waals surface area (Å²) in [4.78, 5) is 22.1. The largest absolute Gasteiger partial charge is 0.308 e. The number of fused-ring (bicyclic) bond motifs is 1. The second-order valence-electron chi connectivity index (χ2n) is 7.89. The number of amides is 1. The van der Waals surface area contributed by atoms with E-state index in [0.717, 1.165) is 56.7 Å². The number of carbonyl (C=O) groups is 1. The van der Waals surface area contributed by atoms with E-state index in [4.69, 9.17) is 4.99 Å². The average molecular weight is 363 g/mol. The second-order valence-corrected chi connectivity index (χ2v) is 7.89. The number of likely N-dealkylation sites (tertiary alicyclic amines) is 1. The number of rotatable bonds is 3. The molecular formula is C21H25N5O. The highest BCUT2D eigenvalue weighted by Crippen LogP contribution is 2.33. The smallest absolute Gasteiger partial charge is 0.244 e. The number of hydrogen-bond donors (Lipinski definition) is 0. The van der Waals surface area contributed by atoms with Gasteiger partial charge in [-0.3, -0.25) is 19.4 Å². The fraction of sp³-hybridized carbons (Fsp3) is 0.476. The van der Waals surface area contributed by atoms with Crippen LogP contribution in [0.25, 0.3) is 0 Å². The van der Waals surface area contributed by atoms with Crippen molar-refractivity contribution in [2.75, 3.05) is 24.5 Å². The van der Waals surface area contributed by atoms with Crippen molar-refractivity contribution in [2.45, 2.75) is 31.7 Å². The molecule has 3 aliphatic heterocycles. The molecule has 2 saturated heterocycles. The van der Waals surface area contributed by atoms with Crippen LogP contribution in [0.3, 0.4) is 0 Å². The van der Waals surface area contributed by atoms with Gasteiger partial charge in [0.25, 0.3) is 0 Å². The molecule has 5 rings (SSSR count). The third-order valence-electron chi connectivity index (χ3n) is 6.25. The van der Waals surface area contributed by atoms with Crippen molar-refractivity contribution in [1.29, 1.82) is 0 Å². The molecule has 1 atom stereocenters. The van der Waals surface area contributed by atoms with Crippen LogP contribution in [-0.2, 0) is 18.3 Å². The molecule has 0 saturated carbocycles. The van der Waals surface area contributed by atoms with Crippen LogP contribution in [0.1, 0.15) is 24.8 Å². The van der Waals surface area contributed by atoms with Crippen LogP contribution in [0.4, 0.5) is 11.4 Å². The van der Waals surface area contributed by atoms with Crippen molar-refractivity contribution in [3.05, 3.63) is 42.2 Å². The lowest BCUT2D eigenvalue weighted by atomic mass is 9.89. The minimum Gasteiger partial charge on any atom is -0.308 e. The first-order chi connectivity index (χ1) is 13.2. The molecule has 6 heteroatoms. The molecular weight excluding hydrogens is 338 g/mol. The SMILES string of the molecule is Cn1cc(N2CCC(N3CCC(C4=Nc5ccccc5C4)CC3)C2=O)cn1. The number of para-hydroxylation sites is 1. The summed E-state index contributed by atoms with van der Waals surface area (Å²) in [5.41, 5.74) is 4.75. The molecule has 27 heavy (non-hydrogen) atoms. The Morgan fingerprint density at radius 2 is 1.89 bits per heavy atom. The number of carbonyl (C=O) groups excluding carboxylic acids is 1. The Hall–Kier alpha value is -2.47. The molecule has 0 radical (unpaired) electrons. The fourth-order valence-corrected chi connectivity index (χ4v) is 4.75. The zero-order chi connectivity index (χ0) is 18.4. The van der Waals surface area contributed by atoms with E-state index >= 15 is 0 Å². The lowest BCUT2D eigenvalue weighted by Gasteiger charge is -2.35. The van der Waals surface area contributed by atoms with Gasteiger partial charge in [0.15, 0.2) is 0 Å². The highest BCUT2D eigenvalue weighted by Gasteiger charge is 2.39. The van der Waals surface area contributed by atoms with Crippen molar-refractivity contribution in [2.24, 2.45) is 18.0 Å². The number of nitrogens with zero attached hydrogens (tertiary/aromatic N) is 5. The third kappa shape index (κ3) is 2.98. The van der Waals surface area contributed by atoms with Crippen molar-refractivity contribution in [3.63, 3.8) is 0 Å². The minimum absolute atomic E-state index is 0.0221. The quantitative estimate of drug-likeness (QED) is 0.842. The summed E-state index contributed by atoms with van der Waals surface area (Å²) in [5, 5.41) is 4.20. The fourth-order valence-electron chi connectivity index (χ4n) is 4.75. The maximum absolute atomic E-state index is 12.9. The number of benzene rings is 1. The zero-order valence-corrected chi connectivity index (χ0v) is 15.7. The maximum Gasteiger partial charge on any atom is 0.244 e. The molecule has 0 bridgehead atoms. The van der Waals surface area contributed by atoms with Gasteiger partial charge in [0, 0.05) is 37.8 Å². The van der Waals surface area contributed by atoms with Gasteiger partial charge in [-0.25, -0.2) is 0 Å². The molecule has 1 aromatic carbocycles. The normalized spacial score (nSPS) is 23.7. The molecule has 6 nitrogen and oxygen atoms in total. The Balaban J connectivity index is 1.21. The lowest BCUT2D eigenvalue weighted by Crippen LogP contribution is -2.46. The first-order valence-electron chi connectivity index (χ1n) is 9.88. The first kappa shape index (κ1) is 16.7. The van der Waals surface area contributed by atoms with Gasteiger partial charge in [-0.2, -0.15) is 5.10 Å². The van der Waals surface area contributed by atoms with Crippen LogP contribution in [0.15, 0.2) is 41.7 Å². The van der Waals surface area contributed by atoms with E-state index in [1.54, 1.807) is 10.9 Å². The molecule has 4 heterocycles. The van der Waals surface area contributed by atoms with Gasteiger partial charge in [0.05, 0.1) is 23.6 Å². The van der Waals surface area contributed by atoms with E-state index in [1.807, 2.05) is 18.1 Å². The number of piperidine rings is 1. The monoisotopic (exact) mass is 363 g/mol. The molecule has 1 amide bonds. The van der Waals surface area contributed by atoms with Gasteiger partial charge >= 0.3 is 0 Å². The third-order valence-corrected chi connectivity index (χ3v) is 6.25. The summed E-state index contributed by atoms with van der Waals surface area (Å²) in [5.74, 6) is 0.784. The number of hydrogen-bond acceptors (Lipinski definition) is 4. The molecule has 3 aliphatic rings. The highest BCUT2D eigenvalue weighted by atomic mass is 16.2. The average Bonchev–Trinajstić information content (AvgIpc) is 3.39. The summed E-state index contributed by atoms with van der Waals surface area (Å²) >= 11 is 0. The van der Waals surface area contributed by atoms with E-state index in [9.17, 15) is 4.79 Å². The Labute approximate surface area is 159 Å². The summed E-state index contributed by atoms with van der Waals surface area (Å²) in [6.45, 7) is 2.76. The number of aromatic nitrogens is 2. The Morgan fingerprint density at radius 3 is 2.63 bits per heavy atom. The van der Waals surface area contributed by atoms with Crippen LogP contribution in [0, 0.1) is 5.92 Å². The van der Waals surface area contributed by atoms with Crippen LogP contribution in [0.2, 0.25) is 0 Å². The van der Waals surface area contributed by atoms with Gasteiger partial charge in [-0.05, 0) is 44.0 Å². The number of anilines is 1. The number of aliphatic imine (C=N–C) groups is 1. The van der Waals surface area contributed by atoms with Gasteiger partial charge in [0.2, 0.25) is 5.91 Å². The van der Waals surface area contributed by atoms with Crippen molar-refractivity contribution >= 4 is 23.0 Å². The number of aryl methyl sites for hydroxylation is 1. The lowest BCUT2D eigenvalue weighted by molar-refractivity contribution is -0.122. The Morgan fingerprint density at radius 1 is 1.07 bits per heavy atom. The molecule has 2 aromatic rings. The maximum atomic E-state index is 12.9. The summed E-state index contributed by atoms with van der Waals surface area (Å²) < 4.78 is 1.75. The summed E-state index contributed by atoms with van der Waals surface area (Å²) in [6, 6.07) is 8.48. The van der Waals surface area contributed by atoms with Crippen LogP contribution in [-0.4, -0.2) is 52.0 Å². The standard InChI is InChI=1S/C21H25N5O/c1-24-14-17(13-22-24)26-11-8-20(21(26)27)25-9-6-15(7-10-25)19-12-16-4-2-3-5-18(16)23-19/h2-5,13-15,20H,6-12H2,1H3. The Kier molecular flexibility index (Phi) is 4.08. The first-order valence-corrected chi connectivity index (χ1v) is 9.88. The molecule has 1 aromatic heterocycles. The van der Waals surface area contributed by atoms with Crippen LogP contribution >= 0.6 is 0 Å². The van der Waals surface area contributed by atoms with E-state index < -0.39 is 0 Å². The van der Waals surface area contributed by atoms with Gasteiger partial charge < -0.3 is 4.90 Å². The van der Waals surface area contributed by atoms with Crippen LogP contribution < -0.4 is 4.90 Å². The van der Waals surface area contributed by atoms with Gasteiger partial charge in [0.1, 0.15) is 0 Å². The van der Waals surface area contributed by atoms with Crippen molar-refractivity contribution in [3.8, 4) is 0 Å². The van der Waals surface area contributed by atoms with E-state index in [-0.39, 0.29) is 11.9 Å². The van der Waals surface area contributed by atoms with Gasteiger partial charge in [-0.15, -0.1) is 0 Å². The predicted molar refractivity (Wildman–Crippen MR) is 106 cm³/mol. The molecule has 0 spiro atoms.